The van der Waals surface area contributed by atoms with E-state index in [2.05, 4.69) is 15.5 Å². The highest BCUT2D eigenvalue weighted by atomic mass is 35.5. The van der Waals surface area contributed by atoms with Crippen molar-refractivity contribution in [2.45, 2.75) is 4.90 Å². The standard InChI is InChI=1S/C19H16ClN3O2S2/c1-27(24,25)17-6-2-4-14(12-17)5-3-11-21-23-19-22-18(13-26-19)15-7-9-16(20)10-8-15/h2-13H,1H3,(H,22,23)/b5-3+,21-11+. The number of thiazole rings is 1. The summed E-state index contributed by atoms with van der Waals surface area (Å²) in [4.78, 5) is 4.75. The molecular formula is C19H16ClN3O2S2. The minimum absolute atomic E-state index is 0.289. The van der Waals surface area contributed by atoms with E-state index in [9.17, 15) is 8.42 Å². The molecule has 27 heavy (non-hydrogen) atoms. The van der Waals surface area contributed by atoms with E-state index in [0.717, 1.165) is 16.8 Å². The second-order valence-electron chi connectivity index (χ2n) is 5.64. The fraction of sp³-hybridized carbons (Fsp3) is 0.0526. The highest BCUT2D eigenvalue weighted by Gasteiger charge is 2.06. The van der Waals surface area contributed by atoms with Crippen molar-refractivity contribution >= 4 is 50.2 Å². The van der Waals surface area contributed by atoms with E-state index in [1.165, 1.54) is 17.6 Å². The zero-order valence-electron chi connectivity index (χ0n) is 14.3. The van der Waals surface area contributed by atoms with Gasteiger partial charge in [-0.3, -0.25) is 5.43 Å². The van der Waals surface area contributed by atoms with Gasteiger partial charge in [-0.25, -0.2) is 13.4 Å². The molecule has 0 atom stereocenters. The Bertz CT molecular complexity index is 1090. The molecule has 0 amide bonds. The first-order valence-electron chi connectivity index (χ1n) is 7.89. The smallest absolute Gasteiger partial charge is 0.203 e. The first-order valence-corrected chi connectivity index (χ1v) is 11.0. The van der Waals surface area contributed by atoms with E-state index in [1.54, 1.807) is 36.6 Å². The maximum Gasteiger partial charge on any atom is 0.203 e. The van der Waals surface area contributed by atoms with E-state index >= 15 is 0 Å². The van der Waals surface area contributed by atoms with Gasteiger partial charge in [-0.1, -0.05) is 41.9 Å². The summed E-state index contributed by atoms with van der Waals surface area (Å²) in [6.45, 7) is 0. The molecule has 0 aliphatic carbocycles. The van der Waals surface area contributed by atoms with Crippen LogP contribution in [0.5, 0.6) is 0 Å². The summed E-state index contributed by atoms with van der Waals surface area (Å²) in [5.41, 5.74) is 5.49. The van der Waals surface area contributed by atoms with Gasteiger partial charge in [-0.2, -0.15) is 5.10 Å². The molecule has 0 aliphatic heterocycles. The Balaban J connectivity index is 1.60. The van der Waals surface area contributed by atoms with Gasteiger partial charge in [-0.05, 0) is 35.9 Å². The topological polar surface area (TPSA) is 71.4 Å². The predicted octanol–water partition coefficient (Wildman–Crippen LogP) is 4.98. The zero-order valence-corrected chi connectivity index (χ0v) is 16.7. The summed E-state index contributed by atoms with van der Waals surface area (Å²) in [6, 6.07) is 14.2. The van der Waals surface area contributed by atoms with Gasteiger partial charge in [0.05, 0.1) is 10.6 Å². The molecule has 0 saturated carbocycles. The molecule has 1 heterocycles. The van der Waals surface area contributed by atoms with Crippen molar-refractivity contribution in [2.24, 2.45) is 5.10 Å². The van der Waals surface area contributed by atoms with Crippen LogP contribution >= 0.6 is 22.9 Å². The number of benzene rings is 2. The third kappa shape index (κ3) is 5.50. The number of nitrogens with one attached hydrogen (secondary N) is 1. The Labute approximate surface area is 167 Å². The lowest BCUT2D eigenvalue weighted by atomic mass is 10.2. The normalized spacial score (nSPS) is 12.1. The molecule has 0 aliphatic rings. The fourth-order valence-electron chi connectivity index (χ4n) is 2.22. The number of hydrogen-bond donors (Lipinski definition) is 1. The number of nitrogens with zero attached hydrogens (tertiary/aromatic N) is 2. The van der Waals surface area contributed by atoms with E-state index in [4.69, 9.17) is 11.6 Å². The second-order valence-corrected chi connectivity index (χ2v) is 8.95. The molecule has 3 aromatic rings. The largest absolute Gasteiger partial charge is 0.253 e. The molecule has 1 N–H and O–H groups in total. The molecule has 1 aromatic heterocycles. The molecule has 0 fully saturated rings. The minimum atomic E-state index is -3.21. The molecule has 0 saturated heterocycles. The summed E-state index contributed by atoms with van der Waals surface area (Å²) in [5, 5.41) is 7.39. The molecule has 2 aromatic carbocycles. The average Bonchev–Trinajstić information content (AvgIpc) is 3.10. The van der Waals surface area contributed by atoms with E-state index in [1.807, 2.05) is 35.7 Å². The summed E-state index contributed by atoms with van der Waals surface area (Å²) in [6.07, 6.45) is 6.27. The van der Waals surface area contributed by atoms with Gasteiger partial charge in [0.1, 0.15) is 0 Å². The van der Waals surface area contributed by atoms with Crippen LogP contribution in [0, 0.1) is 0 Å². The number of sulfone groups is 1. The van der Waals surface area contributed by atoms with Crippen LogP contribution in [0.25, 0.3) is 17.3 Å². The fourth-order valence-corrected chi connectivity index (χ4v) is 3.69. The van der Waals surface area contributed by atoms with Crippen molar-refractivity contribution < 1.29 is 8.42 Å². The summed E-state index contributed by atoms with van der Waals surface area (Å²) < 4.78 is 23.1. The number of hydrazone groups is 1. The summed E-state index contributed by atoms with van der Waals surface area (Å²) in [7, 11) is -3.21. The van der Waals surface area contributed by atoms with Crippen molar-refractivity contribution in [2.75, 3.05) is 11.7 Å². The number of aromatic nitrogens is 1. The molecular weight excluding hydrogens is 402 g/mol. The lowest BCUT2D eigenvalue weighted by Crippen LogP contribution is -1.96. The van der Waals surface area contributed by atoms with Crippen molar-refractivity contribution in [3.8, 4) is 11.3 Å². The number of allylic oxidation sites excluding steroid dienone is 1. The molecule has 5 nitrogen and oxygen atoms in total. The van der Waals surface area contributed by atoms with E-state index < -0.39 is 9.84 Å². The van der Waals surface area contributed by atoms with Crippen molar-refractivity contribution in [3.63, 3.8) is 0 Å². The van der Waals surface area contributed by atoms with Gasteiger partial charge in [0, 0.05) is 28.4 Å². The number of anilines is 1. The second kappa shape index (κ2) is 8.47. The van der Waals surface area contributed by atoms with Crippen LogP contribution in [0.2, 0.25) is 5.02 Å². The van der Waals surface area contributed by atoms with Crippen molar-refractivity contribution in [3.05, 3.63) is 70.6 Å². The van der Waals surface area contributed by atoms with Crippen LogP contribution < -0.4 is 5.43 Å². The van der Waals surface area contributed by atoms with Crippen LogP contribution in [-0.4, -0.2) is 25.9 Å². The number of hydrogen-bond acceptors (Lipinski definition) is 6. The Morgan fingerprint density at radius 3 is 2.70 bits per heavy atom. The Hall–Kier alpha value is -2.48. The van der Waals surface area contributed by atoms with E-state index in [0.29, 0.717) is 10.2 Å². The third-order valence-corrected chi connectivity index (χ3v) is 5.65. The quantitative estimate of drug-likeness (QED) is 0.453. The maximum atomic E-state index is 11.6. The first kappa shape index (κ1) is 19.3. The van der Waals surface area contributed by atoms with Crippen LogP contribution in [0.4, 0.5) is 5.13 Å². The predicted molar refractivity (Wildman–Crippen MR) is 113 cm³/mol. The number of rotatable bonds is 6. The minimum Gasteiger partial charge on any atom is -0.253 e. The molecule has 0 unspecified atom stereocenters. The summed E-state index contributed by atoms with van der Waals surface area (Å²) in [5.74, 6) is 0. The van der Waals surface area contributed by atoms with Gasteiger partial charge >= 0.3 is 0 Å². The number of halogens is 1. The highest BCUT2D eigenvalue weighted by Crippen LogP contribution is 2.25. The van der Waals surface area contributed by atoms with Crippen LogP contribution in [-0.2, 0) is 9.84 Å². The molecule has 138 valence electrons. The van der Waals surface area contributed by atoms with Gasteiger partial charge in [0.15, 0.2) is 9.84 Å². The van der Waals surface area contributed by atoms with Gasteiger partial charge in [-0.15, -0.1) is 11.3 Å². The van der Waals surface area contributed by atoms with Crippen molar-refractivity contribution in [1.82, 2.24) is 4.98 Å². The Morgan fingerprint density at radius 1 is 1.19 bits per heavy atom. The lowest BCUT2D eigenvalue weighted by molar-refractivity contribution is 0.602. The maximum absolute atomic E-state index is 11.6. The van der Waals surface area contributed by atoms with Crippen LogP contribution in [0.3, 0.4) is 0 Å². The first-order chi connectivity index (χ1) is 12.9. The molecule has 8 heteroatoms. The van der Waals surface area contributed by atoms with E-state index in [-0.39, 0.29) is 4.90 Å². The molecule has 3 rings (SSSR count). The molecule has 0 radical (unpaired) electrons. The van der Waals surface area contributed by atoms with Gasteiger partial charge in [0.25, 0.3) is 0 Å². The average molecular weight is 418 g/mol. The van der Waals surface area contributed by atoms with Gasteiger partial charge in [0.2, 0.25) is 5.13 Å². The lowest BCUT2D eigenvalue weighted by Gasteiger charge is -1.99. The Morgan fingerprint density at radius 2 is 1.96 bits per heavy atom. The molecule has 0 bridgehead atoms. The monoisotopic (exact) mass is 417 g/mol. The molecule has 0 spiro atoms. The van der Waals surface area contributed by atoms with Gasteiger partial charge < -0.3 is 0 Å². The highest BCUT2D eigenvalue weighted by molar-refractivity contribution is 7.90. The zero-order chi connectivity index (χ0) is 19.3. The third-order valence-electron chi connectivity index (χ3n) is 3.54. The van der Waals surface area contributed by atoms with Crippen LogP contribution in [0.15, 0.2) is 70.0 Å². The van der Waals surface area contributed by atoms with Crippen molar-refractivity contribution in [1.29, 1.82) is 0 Å². The SMILES string of the molecule is CS(=O)(=O)c1cccc(/C=C/C=N/Nc2nc(-c3ccc(Cl)cc3)cs2)c1. The summed E-state index contributed by atoms with van der Waals surface area (Å²) >= 11 is 7.34. The Kier molecular flexibility index (Phi) is 6.05. The van der Waals surface area contributed by atoms with Crippen LogP contribution in [0.1, 0.15) is 5.56 Å².